The standard InChI is InChI=1S/C20H28O4/c1-18(2)15-6-7-20(11-21)13-10-24-9-12(13)4-5-16(20)19(15,3)8-14(22)17(18)23/h9-10,14-16,21-22H,4-8,11H2,1-3H3/t14-,15-,16-,19+,20+/m1/s1. The van der Waals surface area contributed by atoms with Crippen LogP contribution in [0.1, 0.15) is 57.6 Å². The van der Waals surface area contributed by atoms with Gasteiger partial charge in [-0.25, -0.2) is 0 Å². The summed E-state index contributed by atoms with van der Waals surface area (Å²) in [5.74, 6) is 0.501. The molecule has 3 aliphatic rings. The maximum absolute atomic E-state index is 12.6. The molecule has 0 spiro atoms. The van der Waals surface area contributed by atoms with Crippen LogP contribution in [0.2, 0.25) is 0 Å². The first-order chi connectivity index (χ1) is 11.3. The molecule has 0 amide bonds. The lowest BCUT2D eigenvalue weighted by atomic mass is 9.40. The van der Waals surface area contributed by atoms with Crippen molar-refractivity contribution in [1.29, 1.82) is 0 Å². The number of aryl methyl sites for hydroxylation is 1. The molecule has 1 aromatic rings. The number of carbonyl (C=O) groups excluding carboxylic acids is 1. The number of rotatable bonds is 1. The van der Waals surface area contributed by atoms with E-state index in [2.05, 4.69) is 6.92 Å². The first-order valence-corrected chi connectivity index (χ1v) is 9.16. The lowest BCUT2D eigenvalue weighted by Crippen LogP contribution is -2.64. The van der Waals surface area contributed by atoms with E-state index < -0.39 is 11.5 Å². The molecule has 2 saturated carbocycles. The number of aliphatic hydroxyl groups excluding tert-OH is 2. The molecule has 4 nitrogen and oxygen atoms in total. The zero-order valence-corrected chi connectivity index (χ0v) is 14.8. The Morgan fingerprint density at radius 2 is 1.96 bits per heavy atom. The molecule has 1 heterocycles. The van der Waals surface area contributed by atoms with Crippen LogP contribution in [0.3, 0.4) is 0 Å². The van der Waals surface area contributed by atoms with Gasteiger partial charge in [0.15, 0.2) is 5.78 Å². The third-order valence-corrected chi connectivity index (χ3v) is 7.84. The summed E-state index contributed by atoms with van der Waals surface area (Å²) in [6.07, 6.45) is 6.98. The van der Waals surface area contributed by atoms with E-state index in [1.807, 2.05) is 26.4 Å². The molecule has 0 aliphatic heterocycles. The van der Waals surface area contributed by atoms with E-state index in [0.29, 0.717) is 6.42 Å². The lowest BCUT2D eigenvalue weighted by molar-refractivity contribution is -0.175. The molecule has 4 heteroatoms. The third kappa shape index (κ3) is 1.79. The summed E-state index contributed by atoms with van der Waals surface area (Å²) in [7, 11) is 0. The highest BCUT2D eigenvalue weighted by molar-refractivity contribution is 5.89. The van der Waals surface area contributed by atoms with Crippen LogP contribution in [-0.4, -0.2) is 28.7 Å². The molecule has 0 radical (unpaired) electrons. The van der Waals surface area contributed by atoms with E-state index >= 15 is 0 Å². The van der Waals surface area contributed by atoms with Gasteiger partial charge in [0, 0.05) is 16.4 Å². The highest BCUT2D eigenvalue weighted by Crippen LogP contribution is 2.66. The molecule has 2 fully saturated rings. The van der Waals surface area contributed by atoms with Crippen molar-refractivity contribution in [3.8, 4) is 0 Å². The van der Waals surface area contributed by atoms with Crippen molar-refractivity contribution in [1.82, 2.24) is 0 Å². The quantitative estimate of drug-likeness (QED) is 0.829. The smallest absolute Gasteiger partial charge is 0.167 e. The Labute approximate surface area is 143 Å². The fourth-order valence-electron chi connectivity index (χ4n) is 6.82. The van der Waals surface area contributed by atoms with Gasteiger partial charge in [0.25, 0.3) is 0 Å². The van der Waals surface area contributed by atoms with Crippen molar-refractivity contribution in [3.63, 3.8) is 0 Å². The SMILES string of the molecule is CC1(C)C(=O)[C@H](O)C[C@@]2(C)[C@@H]1CC[C@]1(CO)c3cocc3CC[C@@H]12. The fraction of sp³-hybridized carbons (Fsp3) is 0.750. The second-order valence-corrected chi connectivity index (χ2v) is 9.12. The molecule has 0 unspecified atom stereocenters. The van der Waals surface area contributed by atoms with Gasteiger partial charge in [0.1, 0.15) is 6.10 Å². The number of Topliss-reactive ketones (excluding diaryl/α,β-unsaturated/α-hetero) is 1. The number of fused-ring (bicyclic) bond motifs is 5. The van der Waals surface area contributed by atoms with Crippen molar-refractivity contribution in [3.05, 3.63) is 23.7 Å². The van der Waals surface area contributed by atoms with Gasteiger partial charge in [0.2, 0.25) is 0 Å². The van der Waals surface area contributed by atoms with Crippen LogP contribution in [0, 0.1) is 22.7 Å². The molecule has 2 N–H and O–H groups in total. The normalized spacial score (nSPS) is 43.7. The Bertz CT molecular complexity index is 675. The fourth-order valence-corrected chi connectivity index (χ4v) is 6.82. The van der Waals surface area contributed by atoms with E-state index in [1.54, 1.807) is 0 Å². The highest BCUT2D eigenvalue weighted by Gasteiger charge is 2.64. The number of aliphatic hydroxyl groups is 2. The van der Waals surface area contributed by atoms with Gasteiger partial charge in [0.05, 0.1) is 19.1 Å². The summed E-state index contributed by atoms with van der Waals surface area (Å²) < 4.78 is 5.48. The summed E-state index contributed by atoms with van der Waals surface area (Å²) in [5, 5.41) is 20.9. The van der Waals surface area contributed by atoms with Crippen molar-refractivity contribution in [2.75, 3.05) is 6.61 Å². The van der Waals surface area contributed by atoms with E-state index in [4.69, 9.17) is 4.42 Å². The minimum absolute atomic E-state index is 0.0127. The first kappa shape index (κ1) is 16.3. The van der Waals surface area contributed by atoms with Gasteiger partial charge in [-0.15, -0.1) is 0 Å². The molecule has 5 atom stereocenters. The van der Waals surface area contributed by atoms with Crippen molar-refractivity contribution in [2.45, 2.75) is 64.4 Å². The number of carbonyl (C=O) groups is 1. The van der Waals surface area contributed by atoms with Gasteiger partial charge in [-0.1, -0.05) is 20.8 Å². The van der Waals surface area contributed by atoms with E-state index in [-0.39, 0.29) is 35.1 Å². The molecule has 24 heavy (non-hydrogen) atoms. The average molecular weight is 332 g/mol. The summed E-state index contributed by atoms with van der Waals surface area (Å²) in [6.45, 7) is 6.35. The van der Waals surface area contributed by atoms with Crippen molar-refractivity contribution in [2.24, 2.45) is 22.7 Å². The predicted molar refractivity (Wildman–Crippen MR) is 89.5 cm³/mol. The Morgan fingerprint density at radius 3 is 2.67 bits per heavy atom. The van der Waals surface area contributed by atoms with Crippen LogP contribution >= 0.6 is 0 Å². The molecule has 0 bridgehead atoms. The molecule has 3 aliphatic carbocycles. The number of ketones is 1. The number of hydrogen-bond donors (Lipinski definition) is 2. The van der Waals surface area contributed by atoms with Gasteiger partial charge in [-0.3, -0.25) is 4.79 Å². The first-order valence-electron chi connectivity index (χ1n) is 9.16. The van der Waals surface area contributed by atoms with Crippen molar-refractivity contribution >= 4 is 5.78 Å². The molecule has 1 aromatic heterocycles. The van der Waals surface area contributed by atoms with E-state index in [9.17, 15) is 15.0 Å². The molecular weight excluding hydrogens is 304 g/mol. The molecule has 132 valence electrons. The minimum atomic E-state index is -0.888. The van der Waals surface area contributed by atoms with Crippen LogP contribution in [-0.2, 0) is 16.6 Å². The highest BCUT2D eigenvalue weighted by atomic mass is 16.3. The van der Waals surface area contributed by atoms with Crippen LogP contribution in [0.4, 0.5) is 0 Å². The van der Waals surface area contributed by atoms with Crippen LogP contribution in [0.25, 0.3) is 0 Å². The lowest BCUT2D eigenvalue weighted by Gasteiger charge is -2.64. The van der Waals surface area contributed by atoms with Gasteiger partial charge in [-0.05, 0) is 54.9 Å². The summed E-state index contributed by atoms with van der Waals surface area (Å²) in [6, 6.07) is 0. The summed E-state index contributed by atoms with van der Waals surface area (Å²) in [5.41, 5.74) is 1.43. The Balaban J connectivity index is 1.84. The second kappa shape index (κ2) is 4.95. The van der Waals surface area contributed by atoms with Crippen LogP contribution in [0.15, 0.2) is 16.9 Å². The second-order valence-electron chi connectivity index (χ2n) is 9.12. The van der Waals surface area contributed by atoms with Gasteiger partial charge in [-0.2, -0.15) is 0 Å². The molecular formula is C20H28O4. The molecule has 0 saturated heterocycles. The maximum Gasteiger partial charge on any atom is 0.167 e. The monoisotopic (exact) mass is 332 g/mol. The van der Waals surface area contributed by atoms with Crippen molar-refractivity contribution < 1.29 is 19.4 Å². The van der Waals surface area contributed by atoms with Crippen LogP contribution < -0.4 is 0 Å². The minimum Gasteiger partial charge on any atom is -0.472 e. The van der Waals surface area contributed by atoms with E-state index in [0.717, 1.165) is 31.2 Å². The number of furan rings is 1. The Kier molecular flexibility index (Phi) is 3.37. The number of hydrogen-bond acceptors (Lipinski definition) is 4. The largest absolute Gasteiger partial charge is 0.472 e. The molecule has 0 aromatic carbocycles. The zero-order chi connectivity index (χ0) is 17.3. The Morgan fingerprint density at radius 1 is 1.21 bits per heavy atom. The molecule has 4 rings (SSSR count). The van der Waals surface area contributed by atoms with Gasteiger partial charge < -0.3 is 14.6 Å². The van der Waals surface area contributed by atoms with E-state index in [1.165, 1.54) is 5.56 Å². The maximum atomic E-state index is 12.6. The van der Waals surface area contributed by atoms with Gasteiger partial charge >= 0.3 is 0 Å². The topological polar surface area (TPSA) is 70.7 Å². The summed E-state index contributed by atoms with van der Waals surface area (Å²) >= 11 is 0. The summed E-state index contributed by atoms with van der Waals surface area (Å²) in [4.78, 5) is 12.6. The Hall–Kier alpha value is -1.13. The van der Waals surface area contributed by atoms with Crippen LogP contribution in [0.5, 0.6) is 0 Å². The average Bonchev–Trinajstić information content (AvgIpc) is 3.02. The zero-order valence-electron chi connectivity index (χ0n) is 14.8. The predicted octanol–water partition coefficient (Wildman–Crippen LogP) is 2.85. The third-order valence-electron chi connectivity index (χ3n) is 7.84.